The van der Waals surface area contributed by atoms with Crippen LogP contribution in [-0.2, 0) is 4.79 Å². The van der Waals surface area contributed by atoms with Crippen LogP contribution in [0.4, 0.5) is 0 Å². The molecule has 22 heavy (non-hydrogen) atoms. The summed E-state index contributed by atoms with van der Waals surface area (Å²) < 4.78 is 0. The Kier molecular flexibility index (Phi) is 4.60. The van der Waals surface area contributed by atoms with E-state index in [1.807, 2.05) is 32.3 Å². The number of hydrogen-bond acceptors (Lipinski definition) is 3. The zero-order chi connectivity index (χ0) is 15.5. The van der Waals surface area contributed by atoms with Crippen molar-refractivity contribution in [2.24, 2.45) is 0 Å². The van der Waals surface area contributed by atoms with E-state index < -0.39 is 0 Å². The fraction of sp³-hybridized carbons (Fsp3) is 0.389. The highest BCUT2D eigenvalue weighted by molar-refractivity contribution is 7.10. The Hall–Kier alpha value is -1.65. The number of carbonyl (C=O) groups is 1. The number of amides is 1. The van der Waals surface area contributed by atoms with E-state index in [1.54, 1.807) is 16.2 Å². The van der Waals surface area contributed by atoms with Crippen LogP contribution in [0.5, 0.6) is 0 Å². The average Bonchev–Trinajstić information content (AvgIpc) is 3.19. The monoisotopic (exact) mass is 314 g/mol. The minimum atomic E-state index is -0.189. The molecule has 3 rings (SSSR count). The average molecular weight is 314 g/mol. The summed E-state index contributed by atoms with van der Waals surface area (Å²) >= 11 is 1.79. The molecule has 0 saturated carbocycles. The van der Waals surface area contributed by atoms with Crippen molar-refractivity contribution in [3.8, 4) is 0 Å². The Bertz CT molecular complexity index is 609. The SMILES string of the molecule is CN(C)C(=O)C(c1ccccc1)N1CCCC1c1cccs1. The Morgan fingerprint density at radius 2 is 2.00 bits per heavy atom. The highest BCUT2D eigenvalue weighted by Gasteiger charge is 2.37. The lowest BCUT2D eigenvalue weighted by atomic mass is 10.0. The molecule has 1 aromatic heterocycles. The lowest BCUT2D eigenvalue weighted by molar-refractivity contribution is -0.135. The number of hydrogen-bond donors (Lipinski definition) is 0. The normalized spacial score (nSPS) is 20.0. The van der Waals surface area contributed by atoms with Gasteiger partial charge in [-0.15, -0.1) is 11.3 Å². The lowest BCUT2D eigenvalue weighted by Crippen LogP contribution is -2.39. The summed E-state index contributed by atoms with van der Waals surface area (Å²) in [5.41, 5.74) is 1.09. The molecule has 2 unspecified atom stereocenters. The van der Waals surface area contributed by atoms with E-state index in [-0.39, 0.29) is 11.9 Å². The van der Waals surface area contributed by atoms with Crippen molar-refractivity contribution in [3.05, 3.63) is 58.3 Å². The van der Waals surface area contributed by atoms with Crippen LogP contribution in [0.25, 0.3) is 0 Å². The molecule has 2 aromatic rings. The van der Waals surface area contributed by atoms with E-state index in [9.17, 15) is 4.79 Å². The summed E-state index contributed by atoms with van der Waals surface area (Å²) in [6.07, 6.45) is 2.27. The van der Waals surface area contributed by atoms with E-state index in [0.717, 1.165) is 24.9 Å². The van der Waals surface area contributed by atoms with Crippen LogP contribution in [0, 0.1) is 0 Å². The molecular weight excluding hydrogens is 292 g/mol. The molecule has 0 aliphatic carbocycles. The Morgan fingerprint density at radius 1 is 1.23 bits per heavy atom. The van der Waals surface area contributed by atoms with Crippen molar-refractivity contribution in [1.29, 1.82) is 0 Å². The third kappa shape index (κ3) is 2.94. The van der Waals surface area contributed by atoms with Gasteiger partial charge in [-0.05, 0) is 36.4 Å². The van der Waals surface area contributed by atoms with Crippen LogP contribution >= 0.6 is 11.3 Å². The maximum Gasteiger partial charge on any atom is 0.244 e. The molecule has 1 aliphatic heterocycles. The fourth-order valence-electron chi connectivity index (χ4n) is 3.24. The smallest absolute Gasteiger partial charge is 0.244 e. The molecule has 1 aromatic carbocycles. The summed E-state index contributed by atoms with van der Waals surface area (Å²) in [4.78, 5) is 18.3. The zero-order valence-electron chi connectivity index (χ0n) is 13.1. The molecule has 3 nitrogen and oxygen atoms in total. The summed E-state index contributed by atoms with van der Waals surface area (Å²) in [6, 6.07) is 14.6. The van der Waals surface area contributed by atoms with Crippen molar-refractivity contribution in [2.45, 2.75) is 24.9 Å². The van der Waals surface area contributed by atoms with E-state index >= 15 is 0 Å². The first-order chi connectivity index (χ1) is 10.7. The molecule has 1 aliphatic rings. The molecule has 0 bridgehead atoms. The second-order valence-corrected chi connectivity index (χ2v) is 6.94. The summed E-state index contributed by atoms with van der Waals surface area (Å²) in [6.45, 7) is 0.974. The highest BCUT2D eigenvalue weighted by atomic mass is 32.1. The number of thiophene rings is 1. The molecular formula is C18H22N2OS. The first-order valence-electron chi connectivity index (χ1n) is 7.73. The predicted octanol–water partition coefficient (Wildman–Crippen LogP) is 3.71. The van der Waals surface area contributed by atoms with Gasteiger partial charge in [-0.2, -0.15) is 0 Å². The maximum atomic E-state index is 12.8. The lowest BCUT2D eigenvalue weighted by Gasteiger charge is -2.33. The first kappa shape index (κ1) is 15.3. The number of nitrogens with zero attached hydrogens (tertiary/aromatic N) is 2. The molecule has 0 radical (unpaired) electrons. The van der Waals surface area contributed by atoms with Gasteiger partial charge in [0.2, 0.25) is 5.91 Å². The fourth-order valence-corrected chi connectivity index (χ4v) is 4.12. The molecule has 2 atom stereocenters. The third-order valence-corrected chi connectivity index (χ3v) is 5.26. The van der Waals surface area contributed by atoms with Gasteiger partial charge < -0.3 is 4.90 Å². The van der Waals surface area contributed by atoms with Gasteiger partial charge in [0, 0.05) is 25.0 Å². The van der Waals surface area contributed by atoms with Crippen LogP contribution < -0.4 is 0 Å². The second kappa shape index (κ2) is 6.63. The predicted molar refractivity (Wildman–Crippen MR) is 90.9 cm³/mol. The van der Waals surface area contributed by atoms with Crippen molar-refractivity contribution in [3.63, 3.8) is 0 Å². The van der Waals surface area contributed by atoms with Gasteiger partial charge in [-0.3, -0.25) is 9.69 Å². The van der Waals surface area contributed by atoms with Crippen LogP contribution in [0.1, 0.15) is 35.4 Å². The number of carbonyl (C=O) groups excluding carboxylic acids is 1. The molecule has 1 saturated heterocycles. The minimum absolute atomic E-state index is 0.162. The topological polar surface area (TPSA) is 23.6 Å². The minimum Gasteiger partial charge on any atom is -0.347 e. The van der Waals surface area contributed by atoms with Crippen LogP contribution in [-0.4, -0.2) is 36.3 Å². The van der Waals surface area contributed by atoms with Crippen molar-refractivity contribution in [2.75, 3.05) is 20.6 Å². The Balaban J connectivity index is 1.96. The second-order valence-electron chi connectivity index (χ2n) is 5.96. The first-order valence-corrected chi connectivity index (χ1v) is 8.61. The van der Waals surface area contributed by atoms with Gasteiger partial charge in [-0.25, -0.2) is 0 Å². The summed E-state index contributed by atoms with van der Waals surface area (Å²) in [5, 5.41) is 2.12. The molecule has 1 fully saturated rings. The van der Waals surface area contributed by atoms with Gasteiger partial charge >= 0.3 is 0 Å². The third-order valence-electron chi connectivity index (χ3n) is 4.29. The standard InChI is InChI=1S/C18H22N2OS/c1-19(2)18(21)17(14-8-4-3-5-9-14)20-12-6-10-15(20)16-11-7-13-22-16/h3-5,7-9,11,13,15,17H,6,10,12H2,1-2H3. The number of likely N-dealkylation sites (N-methyl/N-ethyl adjacent to an activating group) is 1. The highest BCUT2D eigenvalue weighted by Crippen LogP contribution is 2.40. The van der Waals surface area contributed by atoms with Crippen molar-refractivity contribution in [1.82, 2.24) is 9.80 Å². The van der Waals surface area contributed by atoms with Crippen LogP contribution in [0.2, 0.25) is 0 Å². The number of likely N-dealkylation sites (tertiary alicyclic amines) is 1. The van der Waals surface area contributed by atoms with E-state index in [1.165, 1.54) is 4.88 Å². The largest absolute Gasteiger partial charge is 0.347 e. The summed E-state index contributed by atoms with van der Waals surface area (Å²) in [7, 11) is 3.68. The molecule has 0 N–H and O–H groups in total. The Labute approximate surface area is 136 Å². The van der Waals surface area contributed by atoms with E-state index in [2.05, 4.69) is 34.5 Å². The van der Waals surface area contributed by atoms with Gasteiger partial charge in [-0.1, -0.05) is 36.4 Å². The zero-order valence-corrected chi connectivity index (χ0v) is 13.9. The van der Waals surface area contributed by atoms with Gasteiger partial charge in [0.05, 0.1) is 0 Å². The Morgan fingerprint density at radius 3 is 2.64 bits per heavy atom. The summed E-state index contributed by atoms with van der Waals surface area (Å²) in [5.74, 6) is 0.162. The molecule has 1 amide bonds. The van der Waals surface area contributed by atoms with Gasteiger partial charge in [0.15, 0.2) is 0 Å². The molecule has 0 spiro atoms. The quantitative estimate of drug-likeness (QED) is 0.859. The van der Waals surface area contributed by atoms with Crippen LogP contribution in [0.3, 0.4) is 0 Å². The van der Waals surface area contributed by atoms with Gasteiger partial charge in [0.25, 0.3) is 0 Å². The maximum absolute atomic E-state index is 12.8. The van der Waals surface area contributed by atoms with E-state index in [4.69, 9.17) is 0 Å². The van der Waals surface area contributed by atoms with Gasteiger partial charge in [0.1, 0.15) is 6.04 Å². The molecule has 4 heteroatoms. The molecule has 2 heterocycles. The van der Waals surface area contributed by atoms with Crippen molar-refractivity contribution >= 4 is 17.2 Å². The number of benzene rings is 1. The molecule has 116 valence electrons. The van der Waals surface area contributed by atoms with Crippen LogP contribution in [0.15, 0.2) is 47.8 Å². The van der Waals surface area contributed by atoms with E-state index in [0.29, 0.717) is 6.04 Å². The number of rotatable bonds is 4. The van der Waals surface area contributed by atoms with Crippen molar-refractivity contribution < 1.29 is 4.79 Å².